The van der Waals surface area contributed by atoms with E-state index in [9.17, 15) is 8.42 Å². The highest BCUT2D eigenvalue weighted by atomic mass is 32.2. The van der Waals surface area contributed by atoms with Gasteiger partial charge in [-0.25, -0.2) is 8.42 Å². The first-order valence-corrected chi connectivity index (χ1v) is 5.97. The van der Waals surface area contributed by atoms with Crippen LogP contribution in [0.4, 0.5) is 0 Å². The molecule has 2 N–H and O–H groups in total. The third-order valence-corrected chi connectivity index (χ3v) is 3.01. The van der Waals surface area contributed by atoms with E-state index in [4.69, 9.17) is 5.73 Å². The molecule has 0 fully saturated rings. The zero-order chi connectivity index (χ0) is 10.3. The summed E-state index contributed by atoms with van der Waals surface area (Å²) in [4.78, 5) is 1.95. The number of nitrogens with zero attached hydrogens (tertiary/aromatic N) is 1. The average molecular weight is 206 g/mol. The highest BCUT2D eigenvalue weighted by molar-refractivity contribution is 7.94. The van der Waals surface area contributed by atoms with Crippen molar-refractivity contribution in [2.75, 3.05) is 32.4 Å². The van der Waals surface area contributed by atoms with E-state index in [0.29, 0.717) is 13.1 Å². The van der Waals surface area contributed by atoms with Gasteiger partial charge in [0.05, 0.1) is 5.75 Å². The monoisotopic (exact) mass is 206 g/mol. The van der Waals surface area contributed by atoms with Crippen molar-refractivity contribution in [3.8, 4) is 0 Å². The summed E-state index contributed by atoms with van der Waals surface area (Å²) in [6.07, 6.45) is 0.893. The SMILES string of the molecule is C=CS(=O)(=O)CCN(C)CCCN. The first-order valence-electron chi connectivity index (χ1n) is 4.25. The Bertz CT molecular complexity index is 237. The van der Waals surface area contributed by atoms with Crippen LogP contribution >= 0.6 is 0 Å². The lowest BCUT2D eigenvalue weighted by Crippen LogP contribution is -2.27. The lowest BCUT2D eigenvalue weighted by molar-refractivity contribution is 0.350. The summed E-state index contributed by atoms with van der Waals surface area (Å²) in [6.45, 7) is 5.26. The smallest absolute Gasteiger partial charge is 0.172 e. The molecule has 0 bridgehead atoms. The van der Waals surface area contributed by atoms with Crippen molar-refractivity contribution >= 4 is 9.84 Å². The van der Waals surface area contributed by atoms with Gasteiger partial charge in [-0.2, -0.15) is 0 Å². The fourth-order valence-corrected chi connectivity index (χ4v) is 1.57. The fraction of sp³-hybridized carbons (Fsp3) is 0.750. The Morgan fingerprint density at radius 2 is 2.08 bits per heavy atom. The molecule has 0 aromatic heterocycles. The van der Waals surface area contributed by atoms with Gasteiger partial charge in [0.15, 0.2) is 9.84 Å². The zero-order valence-corrected chi connectivity index (χ0v) is 8.89. The van der Waals surface area contributed by atoms with Crippen LogP contribution in [0.25, 0.3) is 0 Å². The molecule has 0 aliphatic rings. The number of sulfone groups is 1. The highest BCUT2D eigenvalue weighted by Gasteiger charge is 2.06. The molecule has 0 aromatic rings. The number of rotatable bonds is 7. The third kappa shape index (κ3) is 6.74. The van der Waals surface area contributed by atoms with E-state index >= 15 is 0 Å². The van der Waals surface area contributed by atoms with Crippen molar-refractivity contribution in [2.45, 2.75) is 6.42 Å². The minimum Gasteiger partial charge on any atom is -0.330 e. The quantitative estimate of drug-likeness (QED) is 0.628. The van der Waals surface area contributed by atoms with Crippen LogP contribution in [0, 0.1) is 0 Å². The summed E-state index contributed by atoms with van der Waals surface area (Å²) in [5.41, 5.74) is 5.32. The van der Waals surface area contributed by atoms with Gasteiger partial charge >= 0.3 is 0 Å². The second kappa shape index (κ2) is 6.12. The zero-order valence-electron chi connectivity index (χ0n) is 8.07. The molecular formula is C8H18N2O2S. The molecule has 0 radical (unpaired) electrons. The Labute approximate surface area is 80.3 Å². The van der Waals surface area contributed by atoms with Crippen LogP contribution in [0.2, 0.25) is 0 Å². The first kappa shape index (κ1) is 12.6. The Morgan fingerprint density at radius 1 is 1.46 bits per heavy atom. The van der Waals surface area contributed by atoms with Gasteiger partial charge in [0.1, 0.15) is 0 Å². The van der Waals surface area contributed by atoms with Crippen molar-refractivity contribution in [1.29, 1.82) is 0 Å². The molecule has 5 heteroatoms. The van der Waals surface area contributed by atoms with Crippen LogP contribution in [0.15, 0.2) is 12.0 Å². The van der Waals surface area contributed by atoms with Crippen LogP contribution in [-0.2, 0) is 9.84 Å². The van der Waals surface area contributed by atoms with Gasteiger partial charge in [-0.15, -0.1) is 0 Å². The van der Waals surface area contributed by atoms with Crippen molar-refractivity contribution in [2.24, 2.45) is 5.73 Å². The molecule has 0 saturated carbocycles. The molecule has 0 aliphatic carbocycles. The lowest BCUT2D eigenvalue weighted by atomic mass is 10.4. The molecule has 0 saturated heterocycles. The normalized spacial score (nSPS) is 11.9. The second-order valence-corrected chi connectivity index (χ2v) is 5.05. The first-order chi connectivity index (χ1) is 6.02. The Balaban J connectivity index is 3.70. The predicted molar refractivity (Wildman–Crippen MR) is 55.2 cm³/mol. The molecule has 0 spiro atoms. The summed E-state index contributed by atoms with van der Waals surface area (Å²) >= 11 is 0. The fourth-order valence-electron chi connectivity index (χ4n) is 0.839. The van der Waals surface area contributed by atoms with E-state index in [1.807, 2.05) is 11.9 Å². The molecule has 0 heterocycles. The molecule has 78 valence electrons. The standard InChI is InChI=1S/C8H18N2O2S/c1-3-13(11,12)8-7-10(2)6-4-5-9/h3H,1,4-9H2,2H3. The van der Waals surface area contributed by atoms with Crippen LogP contribution in [0.5, 0.6) is 0 Å². The molecule has 0 unspecified atom stereocenters. The van der Waals surface area contributed by atoms with E-state index in [1.54, 1.807) is 0 Å². The summed E-state index contributed by atoms with van der Waals surface area (Å²) in [7, 11) is -1.17. The van der Waals surface area contributed by atoms with Gasteiger partial charge in [0, 0.05) is 12.0 Å². The van der Waals surface area contributed by atoms with Gasteiger partial charge < -0.3 is 10.6 Å². The van der Waals surface area contributed by atoms with Crippen LogP contribution in [0.3, 0.4) is 0 Å². The van der Waals surface area contributed by atoms with Gasteiger partial charge in [-0.1, -0.05) is 6.58 Å². The molecule has 0 amide bonds. The topological polar surface area (TPSA) is 63.4 Å². The number of hydrogen-bond acceptors (Lipinski definition) is 4. The Kier molecular flexibility index (Phi) is 5.94. The minimum absolute atomic E-state index is 0.136. The lowest BCUT2D eigenvalue weighted by Gasteiger charge is -2.14. The second-order valence-electron chi connectivity index (χ2n) is 2.98. The van der Waals surface area contributed by atoms with Crippen molar-refractivity contribution in [1.82, 2.24) is 4.90 Å². The van der Waals surface area contributed by atoms with Gasteiger partial charge in [0.25, 0.3) is 0 Å². The molecule has 4 nitrogen and oxygen atoms in total. The summed E-state index contributed by atoms with van der Waals surface area (Å²) in [5.74, 6) is 0.136. The maximum Gasteiger partial charge on any atom is 0.172 e. The summed E-state index contributed by atoms with van der Waals surface area (Å²) < 4.78 is 22.0. The molecule has 13 heavy (non-hydrogen) atoms. The third-order valence-electron chi connectivity index (χ3n) is 1.76. The largest absolute Gasteiger partial charge is 0.330 e. The Hall–Kier alpha value is -0.390. The maximum atomic E-state index is 11.0. The van der Waals surface area contributed by atoms with Crippen LogP contribution in [-0.4, -0.2) is 45.8 Å². The predicted octanol–water partition coefficient (Wildman–Crippen LogP) is -0.175. The van der Waals surface area contributed by atoms with Crippen LogP contribution < -0.4 is 5.73 Å². The maximum absolute atomic E-state index is 11.0. The van der Waals surface area contributed by atoms with E-state index < -0.39 is 9.84 Å². The van der Waals surface area contributed by atoms with Crippen molar-refractivity contribution in [3.05, 3.63) is 12.0 Å². The van der Waals surface area contributed by atoms with E-state index in [2.05, 4.69) is 6.58 Å². The minimum atomic E-state index is -3.05. The number of hydrogen-bond donors (Lipinski definition) is 1. The molecule has 0 aromatic carbocycles. The van der Waals surface area contributed by atoms with E-state index in [1.165, 1.54) is 0 Å². The molecular weight excluding hydrogens is 188 g/mol. The molecule has 0 rings (SSSR count). The summed E-state index contributed by atoms with van der Waals surface area (Å²) in [5, 5.41) is 1.00. The van der Waals surface area contributed by atoms with Gasteiger partial charge in [0.2, 0.25) is 0 Å². The Morgan fingerprint density at radius 3 is 2.54 bits per heavy atom. The highest BCUT2D eigenvalue weighted by Crippen LogP contribution is 1.93. The molecule has 0 aliphatic heterocycles. The average Bonchev–Trinajstić information content (AvgIpc) is 2.11. The van der Waals surface area contributed by atoms with E-state index in [-0.39, 0.29) is 5.75 Å². The van der Waals surface area contributed by atoms with Crippen molar-refractivity contribution in [3.63, 3.8) is 0 Å². The van der Waals surface area contributed by atoms with E-state index in [0.717, 1.165) is 18.4 Å². The van der Waals surface area contributed by atoms with Crippen molar-refractivity contribution < 1.29 is 8.42 Å². The number of nitrogens with two attached hydrogens (primary N) is 1. The van der Waals surface area contributed by atoms with Gasteiger partial charge in [-0.3, -0.25) is 0 Å². The van der Waals surface area contributed by atoms with Crippen LogP contribution in [0.1, 0.15) is 6.42 Å². The summed E-state index contributed by atoms with van der Waals surface area (Å²) in [6, 6.07) is 0. The van der Waals surface area contributed by atoms with Gasteiger partial charge in [-0.05, 0) is 26.6 Å². The molecule has 0 atom stereocenters.